The van der Waals surface area contributed by atoms with E-state index < -0.39 is 0 Å². The zero-order chi connectivity index (χ0) is 14.9. The molecule has 0 fully saturated rings. The smallest absolute Gasteiger partial charge is 0.161 e. The summed E-state index contributed by atoms with van der Waals surface area (Å²) in [7, 11) is 1.96. The molecule has 0 aliphatic heterocycles. The van der Waals surface area contributed by atoms with Crippen LogP contribution in [0.3, 0.4) is 0 Å². The number of aromatic nitrogens is 3. The molecule has 2 aromatic rings. The number of rotatable bonds is 4. The van der Waals surface area contributed by atoms with Crippen molar-refractivity contribution >= 4 is 34.4 Å². The highest BCUT2D eigenvalue weighted by atomic mass is 32.1. The molecule has 0 atom stereocenters. The van der Waals surface area contributed by atoms with Crippen LogP contribution >= 0.6 is 23.6 Å². The topological polar surface area (TPSA) is 67.9 Å². The van der Waals surface area contributed by atoms with Crippen molar-refractivity contribution in [3.05, 3.63) is 32.9 Å². The van der Waals surface area contributed by atoms with Crippen LogP contribution in [0.15, 0.2) is 5.51 Å². The van der Waals surface area contributed by atoms with Crippen molar-refractivity contribution in [3.63, 3.8) is 0 Å². The fourth-order valence-electron chi connectivity index (χ4n) is 1.93. The highest BCUT2D eigenvalue weighted by molar-refractivity contribution is 7.80. The maximum atomic E-state index is 5.85. The second kappa shape index (κ2) is 5.80. The minimum absolute atomic E-state index is 0.350. The van der Waals surface area contributed by atoms with Gasteiger partial charge in [0.1, 0.15) is 4.99 Å². The maximum Gasteiger partial charge on any atom is 0.161 e. The molecular weight excluding hydrogens is 290 g/mol. The third kappa shape index (κ3) is 2.78. The number of nitrogens with two attached hydrogens (primary N) is 1. The lowest BCUT2D eigenvalue weighted by Crippen LogP contribution is -2.25. The van der Waals surface area contributed by atoms with Gasteiger partial charge in [0.2, 0.25) is 0 Å². The van der Waals surface area contributed by atoms with Crippen molar-refractivity contribution in [3.8, 4) is 0 Å². The Labute approximate surface area is 127 Å². The van der Waals surface area contributed by atoms with E-state index in [2.05, 4.69) is 15.2 Å². The Morgan fingerprint density at radius 1 is 1.30 bits per heavy atom. The van der Waals surface area contributed by atoms with Gasteiger partial charge in [-0.2, -0.15) is 5.10 Å². The first-order valence-corrected chi connectivity index (χ1v) is 7.44. The maximum absolute atomic E-state index is 5.85. The van der Waals surface area contributed by atoms with Crippen LogP contribution in [0.5, 0.6) is 0 Å². The molecule has 20 heavy (non-hydrogen) atoms. The number of thiazole rings is 1. The number of hydrogen-bond donors (Lipinski definition) is 1. The molecule has 0 amide bonds. The first-order chi connectivity index (χ1) is 9.41. The van der Waals surface area contributed by atoms with Gasteiger partial charge in [-0.05, 0) is 26.3 Å². The number of anilines is 1. The van der Waals surface area contributed by atoms with Gasteiger partial charge in [0.05, 0.1) is 29.0 Å². The van der Waals surface area contributed by atoms with Crippen LogP contribution in [0, 0.1) is 20.8 Å². The Morgan fingerprint density at radius 2 is 2.00 bits per heavy atom. The molecule has 2 heterocycles. The lowest BCUT2D eigenvalue weighted by atomic mass is 10.1. The van der Waals surface area contributed by atoms with Gasteiger partial charge < -0.3 is 10.6 Å². The fourth-order valence-corrected chi connectivity index (χ4v) is 3.00. The van der Waals surface area contributed by atoms with Crippen LogP contribution < -0.4 is 10.6 Å². The molecule has 0 spiro atoms. The van der Waals surface area contributed by atoms with Gasteiger partial charge in [-0.3, -0.25) is 0 Å². The summed E-state index contributed by atoms with van der Waals surface area (Å²) >= 11 is 6.79. The molecule has 7 heteroatoms. The molecule has 5 nitrogen and oxygen atoms in total. The summed E-state index contributed by atoms with van der Waals surface area (Å²) in [6.45, 7) is 6.58. The summed E-state index contributed by atoms with van der Waals surface area (Å²) in [5.41, 5.74) is 11.4. The van der Waals surface area contributed by atoms with E-state index >= 15 is 0 Å². The predicted molar refractivity (Wildman–Crippen MR) is 86.4 cm³/mol. The van der Waals surface area contributed by atoms with Gasteiger partial charge in [-0.15, -0.1) is 16.4 Å². The van der Waals surface area contributed by atoms with Crippen molar-refractivity contribution in [1.82, 2.24) is 15.2 Å². The first kappa shape index (κ1) is 14.8. The molecule has 106 valence electrons. The zero-order valence-electron chi connectivity index (χ0n) is 12.0. The van der Waals surface area contributed by atoms with Gasteiger partial charge >= 0.3 is 0 Å². The highest BCUT2D eigenvalue weighted by Crippen LogP contribution is 2.24. The van der Waals surface area contributed by atoms with Crippen LogP contribution in [0.25, 0.3) is 0 Å². The third-order valence-electron chi connectivity index (χ3n) is 3.27. The normalized spacial score (nSPS) is 10.6. The first-order valence-electron chi connectivity index (χ1n) is 6.15. The molecule has 0 aromatic carbocycles. The van der Waals surface area contributed by atoms with Crippen molar-refractivity contribution in [2.75, 3.05) is 11.9 Å². The van der Waals surface area contributed by atoms with Gasteiger partial charge in [-0.25, -0.2) is 4.98 Å². The average molecular weight is 307 g/mol. The monoisotopic (exact) mass is 307 g/mol. The van der Waals surface area contributed by atoms with Crippen molar-refractivity contribution in [2.24, 2.45) is 5.73 Å². The van der Waals surface area contributed by atoms with E-state index in [1.807, 2.05) is 38.2 Å². The van der Waals surface area contributed by atoms with E-state index in [1.54, 1.807) is 11.3 Å². The molecule has 0 radical (unpaired) electrons. The second-order valence-electron chi connectivity index (χ2n) is 4.69. The third-order valence-corrected chi connectivity index (χ3v) is 4.39. The van der Waals surface area contributed by atoms with E-state index in [1.165, 1.54) is 4.88 Å². The quantitative estimate of drug-likeness (QED) is 0.873. The van der Waals surface area contributed by atoms with E-state index in [4.69, 9.17) is 18.0 Å². The molecule has 2 N–H and O–H groups in total. The molecule has 2 aromatic heterocycles. The number of hydrogen-bond acceptors (Lipinski definition) is 6. The summed E-state index contributed by atoms with van der Waals surface area (Å²) in [4.78, 5) is 7.81. The van der Waals surface area contributed by atoms with Crippen molar-refractivity contribution in [2.45, 2.75) is 27.3 Å². The van der Waals surface area contributed by atoms with Crippen LogP contribution in [0.2, 0.25) is 0 Å². The van der Waals surface area contributed by atoms with E-state index in [9.17, 15) is 0 Å². The minimum Gasteiger partial charge on any atom is -0.389 e. The molecule has 0 aliphatic rings. The molecule has 0 saturated carbocycles. The predicted octanol–water partition coefficient (Wildman–Crippen LogP) is 2.13. The summed E-state index contributed by atoms with van der Waals surface area (Å²) in [5.74, 6) is 0.716. The Balaban J connectivity index is 2.39. The summed E-state index contributed by atoms with van der Waals surface area (Å²) in [6.07, 6.45) is 0. The van der Waals surface area contributed by atoms with Crippen LogP contribution in [0.4, 0.5) is 5.82 Å². The molecular formula is C13H17N5S2. The highest BCUT2D eigenvalue weighted by Gasteiger charge is 2.18. The summed E-state index contributed by atoms with van der Waals surface area (Å²) < 4.78 is 0. The lowest BCUT2D eigenvalue weighted by Gasteiger charge is -2.21. The van der Waals surface area contributed by atoms with Crippen LogP contribution in [0.1, 0.15) is 27.4 Å². The largest absolute Gasteiger partial charge is 0.389 e. The molecule has 2 rings (SSSR count). The minimum atomic E-state index is 0.350. The molecule has 0 bridgehead atoms. The van der Waals surface area contributed by atoms with Gasteiger partial charge in [0.25, 0.3) is 0 Å². The fraction of sp³-hybridized carbons (Fsp3) is 0.385. The number of thiocarbonyl (C=S) groups is 1. The van der Waals surface area contributed by atoms with E-state index in [0.29, 0.717) is 17.4 Å². The SMILES string of the molecule is Cc1ncsc1CN(C)c1nnc(C)c(C)c1C(N)=S. The van der Waals surface area contributed by atoms with Gasteiger partial charge in [0.15, 0.2) is 5.82 Å². The van der Waals surface area contributed by atoms with Crippen LogP contribution in [-0.4, -0.2) is 27.2 Å². The Bertz CT molecular complexity index is 650. The standard InChI is InChI=1S/C13H17N5S2/c1-7-8(2)16-17-13(11(7)12(14)19)18(4)5-10-9(3)15-6-20-10/h6H,5H2,1-4H3,(H2,14,19). The van der Waals surface area contributed by atoms with E-state index in [0.717, 1.165) is 22.5 Å². The van der Waals surface area contributed by atoms with Gasteiger partial charge in [-0.1, -0.05) is 12.2 Å². The Hall–Kier alpha value is -1.60. The second-order valence-corrected chi connectivity index (χ2v) is 6.07. The van der Waals surface area contributed by atoms with Crippen molar-refractivity contribution in [1.29, 1.82) is 0 Å². The van der Waals surface area contributed by atoms with Gasteiger partial charge in [0, 0.05) is 11.9 Å². The van der Waals surface area contributed by atoms with E-state index in [-0.39, 0.29) is 0 Å². The van der Waals surface area contributed by atoms with Crippen molar-refractivity contribution < 1.29 is 0 Å². The lowest BCUT2D eigenvalue weighted by molar-refractivity contribution is 0.850. The zero-order valence-corrected chi connectivity index (χ0v) is 13.6. The summed E-state index contributed by atoms with van der Waals surface area (Å²) in [5, 5.41) is 8.44. The molecule has 0 aliphatic carbocycles. The summed E-state index contributed by atoms with van der Waals surface area (Å²) in [6, 6.07) is 0. The number of nitrogens with zero attached hydrogens (tertiary/aromatic N) is 4. The van der Waals surface area contributed by atoms with Crippen LogP contribution in [-0.2, 0) is 6.54 Å². The molecule has 0 unspecified atom stereocenters. The average Bonchev–Trinajstić information content (AvgIpc) is 2.77. The Kier molecular flexibility index (Phi) is 4.29. The Morgan fingerprint density at radius 3 is 2.55 bits per heavy atom. The number of aryl methyl sites for hydroxylation is 2. The molecule has 0 saturated heterocycles.